The third kappa shape index (κ3) is 4.71. The third-order valence-corrected chi connectivity index (χ3v) is 6.46. The minimum absolute atomic E-state index is 0.122. The summed E-state index contributed by atoms with van der Waals surface area (Å²) in [5, 5.41) is 7.73. The molecular formula is C25H27N5O2S. The number of anilines is 1. The number of benzene rings is 2. The van der Waals surface area contributed by atoms with Gasteiger partial charge in [0.2, 0.25) is 5.91 Å². The minimum Gasteiger partial charge on any atom is -0.310 e. The monoisotopic (exact) mass is 461 g/mol. The largest absolute Gasteiger partial charge is 0.310 e. The molecule has 4 aromatic rings. The molecule has 33 heavy (non-hydrogen) atoms. The molecule has 2 aromatic heterocycles. The number of rotatable bonds is 7. The summed E-state index contributed by atoms with van der Waals surface area (Å²) in [6.07, 6.45) is 2.58. The van der Waals surface area contributed by atoms with Gasteiger partial charge in [0.15, 0.2) is 5.16 Å². The lowest BCUT2D eigenvalue weighted by molar-refractivity contribution is -0.115. The average molecular weight is 462 g/mol. The normalized spacial score (nSPS) is 12.3. The second kappa shape index (κ2) is 9.62. The number of hydrogen-bond donors (Lipinski definition) is 1. The van der Waals surface area contributed by atoms with Gasteiger partial charge < -0.3 is 5.32 Å². The Balaban J connectivity index is 1.70. The number of nitrogens with zero attached hydrogens (tertiary/aromatic N) is 4. The fraction of sp³-hybridized carbons (Fsp3) is 0.280. The van der Waals surface area contributed by atoms with E-state index in [1.54, 1.807) is 27.6 Å². The van der Waals surface area contributed by atoms with Crippen molar-refractivity contribution in [3.8, 4) is 5.69 Å². The van der Waals surface area contributed by atoms with Crippen LogP contribution in [-0.4, -0.2) is 30.5 Å². The molecule has 0 bridgehead atoms. The molecule has 2 aromatic carbocycles. The van der Waals surface area contributed by atoms with E-state index < -0.39 is 5.25 Å². The second-order valence-electron chi connectivity index (χ2n) is 8.08. The van der Waals surface area contributed by atoms with Crippen molar-refractivity contribution < 1.29 is 4.79 Å². The van der Waals surface area contributed by atoms with Gasteiger partial charge in [-0.25, -0.2) is 9.67 Å². The third-order valence-electron chi connectivity index (χ3n) is 5.41. The topological polar surface area (TPSA) is 81.8 Å². The summed E-state index contributed by atoms with van der Waals surface area (Å²) < 4.78 is 3.35. The van der Waals surface area contributed by atoms with Gasteiger partial charge in [-0.15, -0.1) is 0 Å². The number of fused-ring (bicyclic) bond motifs is 1. The van der Waals surface area contributed by atoms with Gasteiger partial charge in [-0.3, -0.25) is 14.2 Å². The number of aryl methyl sites for hydroxylation is 1. The Morgan fingerprint density at radius 3 is 2.48 bits per heavy atom. The quantitative estimate of drug-likeness (QED) is 0.314. The minimum atomic E-state index is -0.491. The van der Waals surface area contributed by atoms with Crippen molar-refractivity contribution in [2.45, 2.75) is 50.6 Å². The molecule has 0 aliphatic heterocycles. The predicted molar refractivity (Wildman–Crippen MR) is 133 cm³/mol. The molecule has 1 atom stereocenters. The number of thioether (sulfide) groups is 1. The Bertz CT molecular complexity index is 1340. The molecular weight excluding hydrogens is 434 g/mol. The van der Waals surface area contributed by atoms with E-state index in [9.17, 15) is 9.59 Å². The molecule has 1 amide bonds. The number of amides is 1. The fourth-order valence-electron chi connectivity index (χ4n) is 3.56. The highest BCUT2D eigenvalue weighted by Crippen LogP contribution is 2.26. The average Bonchev–Trinajstić information content (AvgIpc) is 3.28. The number of carbonyl (C=O) groups excluding carboxylic acids is 1. The maximum Gasteiger partial charge on any atom is 0.266 e. The molecule has 1 N–H and O–H groups in total. The van der Waals surface area contributed by atoms with Crippen LogP contribution in [0.4, 0.5) is 5.82 Å². The standard InChI is InChI=1S/C25H27N5O2S/c1-5-18-10-12-19(13-11-18)29-24(32)20-8-6-7-9-21(20)27-25(29)33-17(4)23(31)28-22-14-15-26-30(22)16(2)3/h6-17H,5H2,1-4H3,(H,28,31). The van der Waals surface area contributed by atoms with Crippen LogP contribution in [-0.2, 0) is 11.2 Å². The van der Waals surface area contributed by atoms with E-state index >= 15 is 0 Å². The Hall–Kier alpha value is -3.39. The van der Waals surface area contributed by atoms with E-state index in [0.717, 1.165) is 12.1 Å². The van der Waals surface area contributed by atoms with Gasteiger partial charge in [0.1, 0.15) is 5.82 Å². The Morgan fingerprint density at radius 2 is 1.79 bits per heavy atom. The van der Waals surface area contributed by atoms with Crippen LogP contribution in [0.1, 0.15) is 39.3 Å². The summed E-state index contributed by atoms with van der Waals surface area (Å²) in [7, 11) is 0. The first-order valence-corrected chi connectivity index (χ1v) is 11.9. The Morgan fingerprint density at radius 1 is 1.06 bits per heavy atom. The molecule has 0 saturated heterocycles. The van der Waals surface area contributed by atoms with E-state index in [0.29, 0.717) is 21.9 Å². The number of carbonyl (C=O) groups is 1. The van der Waals surface area contributed by atoms with Crippen LogP contribution in [0.15, 0.2) is 70.7 Å². The first kappa shape index (κ1) is 22.8. The van der Waals surface area contributed by atoms with Crippen LogP contribution in [0.25, 0.3) is 16.6 Å². The van der Waals surface area contributed by atoms with Gasteiger partial charge in [-0.2, -0.15) is 5.10 Å². The van der Waals surface area contributed by atoms with Gasteiger partial charge in [0.25, 0.3) is 5.56 Å². The van der Waals surface area contributed by atoms with Crippen molar-refractivity contribution in [1.29, 1.82) is 0 Å². The number of aromatic nitrogens is 4. The lowest BCUT2D eigenvalue weighted by Crippen LogP contribution is -2.27. The molecule has 4 rings (SSSR count). The van der Waals surface area contributed by atoms with Crippen LogP contribution in [0, 0.1) is 0 Å². The van der Waals surface area contributed by atoms with Gasteiger partial charge in [-0.1, -0.05) is 43.0 Å². The lowest BCUT2D eigenvalue weighted by atomic mass is 10.1. The summed E-state index contributed by atoms with van der Waals surface area (Å²) >= 11 is 1.26. The van der Waals surface area contributed by atoms with E-state index in [4.69, 9.17) is 4.98 Å². The van der Waals surface area contributed by atoms with E-state index in [1.807, 2.05) is 63.2 Å². The second-order valence-corrected chi connectivity index (χ2v) is 9.38. The van der Waals surface area contributed by atoms with Gasteiger partial charge in [0, 0.05) is 12.1 Å². The van der Waals surface area contributed by atoms with Crippen LogP contribution in [0.5, 0.6) is 0 Å². The van der Waals surface area contributed by atoms with Gasteiger partial charge in [0.05, 0.1) is 28.0 Å². The van der Waals surface area contributed by atoms with Crippen LogP contribution >= 0.6 is 11.8 Å². The Kier molecular flexibility index (Phi) is 6.65. The maximum atomic E-state index is 13.4. The van der Waals surface area contributed by atoms with Crippen molar-refractivity contribution >= 4 is 34.4 Å². The Labute approximate surface area is 196 Å². The molecule has 2 heterocycles. The molecule has 0 saturated carbocycles. The molecule has 1 unspecified atom stereocenters. The molecule has 0 fully saturated rings. The lowest BCUT2D eigenvalue weighted by Gasteiger charge is -2.17. The predicted octanol–water partition coefficient (Wildman–Crippen LogP) is 4.84. The van der Waals surface area contributed by atoms with Crippen molar-refractivity contribution in [3.05, 3.63) is 76.7 Å². The van der Waals surface area contributed by atoms with Crippen molar-refractivity contribution in [2.75, 3.05) is 5.32 Å². The number of nitrogens with one attached hydrogen (secondary N) is 1. The molecule has 0 spiro atoms. The zero-order chi connectivity index (χ0) is 23.5. The number of hydrogen-bond acceptors (Lipinski definition) is 5. The SMILES string of the molecule is CCc1ccc(-n2c(SC(C)C(=O)Nc3ccnn3C(C)C)nc3ccccc3c2=O)cc1. The molecule has 0 aliphatic carbocycles. The summed E-state index contributed by atoms with van der Waals surface area (Å²) in [5.41, 5.74) is 2.36. The first-order chi connectivity index (χ1) is 15.9. The fourth-order valence-corrected chi connectivity index (χ4v) is 4.49. The van der Waals surface area contributed by atoms with Crippen LogP contribution in [0.3, 0.4) is 0 Å². The smallest absolute Gasteiger partial charge is 0.266 e. The highest BCUT2D eigenvalue weighted by atomic mass is 32.2. The highest BCUT2D eigenvalue weighted by Gasteiger charge is 2.21. The van der Waals surface area contributed by atoms with Crippen molar-refractivity contribution in [1.82, 2.24) is 19.3 Å². The first-order valence-electron chi connectivity index (χ1n) is 11.0. The summed E-state index contributed by atoms with van der Waals surface area (Å²) in [5.74, 6) is 0.458. The maximum absolute atomic E-state index is 13.4. The van der Waals surface area contributed by atoms with E-state index in [2.05, 4.69) is 17.3 Å². The summed E-state index contributed by atoms with van der Waals surface area (Å²) in [4.78, 5) is 31.2. The molecule has 170 valence electrons. The zero-order valence-electron chi connectivity index (χ0n) is 19.1. The summed E-state index contributed by atoms with van der Waals surface area (Å²) in [6, 6.07) is 17.0. The van der Waals surface area contributed by atoms with Crippen LogP contribution < -0.4 is 10.9 Å². The summed E-state index contributed by atoms with van der Waals surface area (Å²) in [6.45, 7) is 7.90. The zero-order valence-corrected chi connectivity index (χ0v) is 20.0. The molecule has 0 aliphatic rings. The molecule has 8 heteroatoms. The van der Waals surface area contributed by atoms with E-state index in [1.165, 1.54) is 17.3 Å². The van der Waals surface area contributed by atoms with Crippen molar-refractivity contribution in [2.24, 2.45) is 0 Å². The van der Waals surface area contributed by atoms with Gasteiger partial charge >= 0.3 is 0 Å². The van der Waals surface area contributed by atoms with Gasteiger partial charge in [-0.05, 0) is 57.0 Å². The van der Waals surface area contributed by atoms with Crippen LogP contribution in [0.2, 0.25) is 0 Å². The number of para-hydroxylation sites is 1. The highest BCUT2D eigenvalue weighted by molar-refractivity contribution is 8.00. The molecule has 0 radical (unpaired) electrons. The van der Waals surface area contributed by atoms with Crippen molar-refractivity contribution in [3.63, 3.8) is 0 Å². The van der Waals surface area contributed by atoms with E-state index in [-0.39, 0.29) is 17.5 Å². The molecule has 7 nitrogen and oxygen atoms in total.